The Morgan fingerprint density at radius 2 is 1.22 bits per heavy atom. The number of carbonyl (C=O) groups excluding carboxylic acids is 2. The Morgan fingerprint density at radius 1 is 0.750 bits per heavy atom. The second kappa shape index (κ2) is 9.23. The number of amides is 4. The second-order valence-electron chi connectivity index (χ2n) is 9.33. The van der Waals surface area contributed by atoms with E-state index in [0.717, 1.165) is 63.0 Å². The highest BCUT2D eigenvalue weighted by atomic mass is 16.2. The van der Waals surface area contributed by atoms with Crippen LogP contribution in [0.15, 0.2) is 48.5 Å². The van der Waals surface area contributed by atoms with Crippen LogP contribution in [-0.4, -0.2) is 38.2 Å². The van der Waals surface area contributed by atoms with Gasteiger partial charge in [0.25, 0.3) is 0 Å². The Balaban J connectivity index is 1.08. The first-order chi connectivity index (χ1) is 15.7. The predicted molar refractivity (Wildman–Crippen MR) is 127 cm³/mol. The molecular weight excluding hydrogens is 400 g/mol. The summed E-state index contributed by atoms with van der Waals surface area (Å²) in [5.41, 5.74) is 4.57. The summed E-state index contributed by atoms with van der Waals surface area (Å²) in [7, 11) is 0. The molecule has 0 saturated heterocycles. The average molecular weight is 433 g/mol. The first kappa shape index (κ1) is 20.9. The third-order valence-electron chi connectivity index (χ3n) is 7.24. The van der Waals surface area contributed by atoms with Crippen molar-refractivity contribution in [3.05, 3.63) is 59.7 Å². The van der Waals surface area contributed by atoms with Crippen LogP contribution >= 0.6 is 0 Å². The highest BCUT2D eigenvalue weighted by Crippen LogP contribution is 2.31. The number of hydrogen-bond donors (Lipinski definition) is 2. The summed E-state index contributed by atoms with van der Waals surface area (Å²) < 4.78 is 0. The quantitative estimate of drug-likeness (QED) is 0.755. The summed E-state index contributed by atoms with van der Waals surface area (Å²) in [5, 5.41) is 6.34. The molecule has 2 aromatic rings. The summed E-state index contributed by atoms with van der Waals surface area (Å²) in [5.74, 6) is 0.944. The van der Waals surface area contributed by atoms with Crippen molar-refractivity contribution < 1.29 is 9.59 Å². The maximum absolute atomic E-state index is 12.7. The molecule has 2 aromatic carbocycles. The molecule has 0 unspecified atom stereocenters. The summed E-state index contributed by atoms with van der Waals surface area (Å²) >= 11 is 0. The number of nitrogens with zero attached hydrogens (tertiary/aromatic N) is 2. The van der Waals surface area contributed by atoms with Crippen LogP contribution in [-0.2, 0) is 12.8 Å². The van der Waals surface area contributed by atoms with E-state index in [1.165, 1.54) is 11.1 Å². The van der Waals surface area contributed by atoms with E-state index in [0.29, 0.717) is 24.9 Å². The zero-order chi connectivity index (χ0) is 21.9. The van der Waals surface area contributed by atoms with Gasteiger partial charge in [0.15, 0.2) is 0 Å². The molecule has 2 aliphatic heterocycles. The zero-order valence-corrected chi connectivity index (χ0v) is 18.6. The number of para-hydroxylation sites is 2. The number of anilines is 2. The van der Waals surface area contributed by atoms with Crippen LogP contribution in [0.25, 0.3) is 0 Å². The highest BCUT2D eigenvalue weighted by Gasteiger charge is 2.28. The number of urea groups is 2. The van der Waals surface area contributed by atoms with Crippen molar-refractivity contribution in [2.45, 2.75) is 38.5 Å². The van der Waals surface area contributed by atoms with E-state index in [1.54, 1.807) is 0 Å². The number of rotatable bonds is 4. The van der Waals surface area contributed by atoms with E-state index in [-0.39, 0.29) is 12.1 Å². The summed E-state index contributed by atoms with van der Waals surface area (Å²) in [6.45, 7) is 2.93. The summed E-state index contributed by atoms with van der Waals surface area (Å²) in [6.07, 6.45) is 6.34. The molecule has 0 aromatic heterocycles. The van der Waals surface area contributed by atoms with Crippen molar-refractivity contribution in [1.29, 1.82) is 0 Å². The van der Waals surface area contributed by atoms with Gasteiger partial charge in [-0.3, -0.25) is 9.80 Å². The van der Waals surface area contributed by atoms with Crippen LogP contribution in [0, 0.1) is 11.8 Å². The molecule has 1 aliphatic carbocycles. The number of fused-ring (bicyclic) bond motifs is 2. The van der Waals surface area contributed by atoms with E-state index >= 15 is 0 Å². The first-order valence-electron chi connectivity index (χ1n) is 12.0. The Kier molecular flexibility index (Phi) is 6.02. The molecule has 6 nitrogen and oxygen atoms in total. The predicted octanol–water partition coefficient (Wildman–Crippen LogP) is 4.34. The molecule has 0 bridgehead atoms. The number of hydrogen-bond acceptors (Lipinski definition) is 2. The maximum Gasteiger partial charge on any atom is 0.321 e. The van der Waals surface area contributed by atoms with Gasteiger partial charge in [-0.25, -0.2) is 9.59 Å². The molecule has 0 spiro atoms. The van der Waals surface area contributed by atoms with E-state index < -0.39 is 0 Å². The molecule has 2 heterocycles. The van der Waals surface area contributed by atoms with Crippen LogP contribution in [0.2, 0.25) is 0 Å². The van der Waals surface area contributed by atoms with Gasteiger partial charge in [-0.1, -0.05) is 42.8 Å². The third kappa shape index (κ3) is 4.31. The first-order valence-corrected chi connectivity index (χ1v) is 12.0. The smallest absolute Gasteiger partial charge is 0.321 e. The van der Waals surface area contributed by atoms with Crippen LogP contribution in [0.3, 0.4) is 0 Å². The SMILES string of the molecule is O=C(NC[C@@H]1CCC[C@@H](CNC(=O)N2CCc3ccccc32)C1)N1CCc2ccccc21. The Morgan fingerprint density at radius 3 is 1.72 bits per heavy atom. The maximum atomic E-state index is 12.7. The fourth-order valence-corrected chi connectivity index (χ4v) is 5.53. The molecule has 168 valence electrons. The van der Waals surface area contributed by atoms with Crippen molar-refractivity contribution in [2.24, 2.45) is 11.8 Å². The number of carbonyl (C=O) groups is 2. The lowest BCUT2D eigenvalue weighted by Gasteiger charge is -2.30. The van der Waals surface area contributed by atoms with Crippen molar-refractivity contribution in [2.75, 3.05) is 36.0 Å². The van der Waals surface area contributed by atoms with Crippen molar-refractivity contribution in [3.63, 3.8) is 0 Å². The highest BCUT2D eigenvalue weighted by molar-refractivity contribution is 5.94. The second-order valence-corrected chi connectivity index (χ2v) is 9.33. The minimum absolute atomic E-state index is 0.0121. The van der Waals surface area contributed by atoms with Crippen LogP contribution in [0.4, 0.5) is 21.0 Å². The third-order valence-corrected chi connectivity index (χ3v) is 7.24. The molecule has 6 heteroatoms. The van der Waals surface area contributed by atoms with Gasteiger partial charge in [0.1, 0.15) is 0 Å². The van der Waals surface area contributed by atoms with E-state index in [4.69, 9.17) is 0 Å². The molecule has 2 N–H and O–H groups in total. The molecular formula is C26H32N4O2. The lowest BCUT2D eigenvalue weighted by atomic mass is 9.81. The van der Waals surface area contributed by atoms with Gasteiger partial charge < -0.3 is 10.6 Å². The van der Waals surface area contributed by atoms with Crippen molar-refractivity contribution >= 4 is 23.4 Å². The number of benzene rings is 2. The summed E-state index contributed by atoms with van der Waals surface area (Å²) in [4.78, 5) is 29.2. The van der Waals surface area contributed by atoms with E-state index in [9.17, 15) is 9.59 Å². The lowest BCUT2D eigenvalue weighted by molar-refractivity contribution is 0.226. The Labute approximate surface area is 190 Å². The molecule has 1 fully saturated rings. The Bertz CT molecular complexity index is 914. The van der Waals surface area contributed by atoms with Gasteiger partial charge in [0.2, 0.25) is 0 Å². The minimum atomic E-state index is 0.0121. The summed E-state index contributed by atoms with van der Waals surface area (Å²) in [6, 6.07) is 16.3. The lowest BCUT2D eigenvalue weighted by Crippen LogP contribution is -2.43. The van der Waals surface area contributed by atoms with Gasteiger partial charge >= 0.3 is 12.1 Å². The topological polar surface area (TPSA) is 64.7 Å². The zero-order valence-electron chi connectivity index (χ0n) is 18.6. The standard InChI is InChI=1S/C26H32N4O2/c31-25(29-14-12-21-8-1-3-10-23(21)29)27-17-19-6-5-7-20(16-19)18-28-26(32)30-15-13-22-9-2-4-11-24(22)30/h1-4,8-11,19-20H,5-7,12-18H2,(H,27,31)(H,28,32)/t19-,20-/m1/s1. The van der Waals surface area contributed by atoms with Gasteiger partial charge in [-0.15, -0.1) is 0 Å². The van der Waals surface area contributed by atoms with Gasteiger partial charge in [-0.05, 0) is 67.2 Å². The van der Waals surface area contributed by atoms with Crippen molar-refractivity contribution in [3.8, 4) is 0 Å². The van der Waals surface area contributed by atoms with Gasteiger partial charge in [-0.2, -0.15) is 0 Å². The molecule has 5 rings (SSSR count). The van der Waals surface area contributed by atoms with Gasteiger partial charge in [0, 0.05) is 37.6 Å². The molecule has 1 saturated carbocycles. The van der Waals surface area contributed by atoms with E-state index in [2.05, 4.69) is 22.8 Å². The molecule has 3 aliphatic rings. The molecule has 0 radical (unpaired) electrons. The average Bonchev–Trinajstić information content (AvgIpc) is 3.46. The van der Waals surface area contributed by atoms with E-state index in [1.807, 2.05) is 46.2 Å². The normalized spacial score (nSPS) is 21.8. The van der Waals surface area contributed by atoms with Gasteiger partial charge in [0.05, 0.1) is 0 Å². The largest absolute Gasteiger partial charge is 0.337 e. The fraction of sp³-hybridized carbons (Fsp3) is 0.462. The monoisotopic (exact) mass is 432 g/mol. The number of nitrogens with one attached hydrogen (secondary N) is 2. The van der Waals surface area contributed by atoms with Crippen LogP contribution in [0.5, 0.6) is 0 Å². The molecule has 4 amide bonds. The van der Waals surface area contributed by atoms with Crippen LogP contribution < -0.4 is 20.4 Å². The molecule has 2 atom stereocenters. The minimum Gasteiger partial charge on any atom is -0.337 e. The fourth-order valence-electron chi connectivity index (χ4n) is 5.53. The van der Waals surface area contributed by atoms with Crippen molar-refractivity contribution in [1.82, 2.24) is 10.6 Å². The Hall–Kier alpha value is -3.02. The van der Waals surface area contributed by atoms with Crippen LogP contribution in [0.1, 0.15) is 36.8 Å². The molecule has 32 heavy (non-hydrogen) atoms.